The highest BCUT2D eigenvalue weighted by Gasteiger charge is 2.34. The zero-order valence-corrected chi connectivity index (χ0v) is 23.5. The summed E-state index contributed by atoms with van der Waals surface area (Å²) in [7, 11) is 3.80. The molecule has 3 aromatic rings. The lowest BCUT2D eigenvalue weighted by Gasteiger charge is -2.31. The molecule has 8 nitrogen and oxygen atoms in total. The summed E-state index contributed by atoms with van der Waals surface area (Å²) in [5.41, 5.74) is 0.599. The second kappa shape index (κ2) is 11.2. The number of urea groups is 1. The summed E-state index contributed by atoms with van der Waals surface area (Å²) >= 11 is 0. The van der Waals surface area contributed by atoms with E-state index in [1.165, 1.54) is 12.1 Å². The maximum absolute atomic E-state index is 15.3. The van der Waals surface area contributed by atoms with Crippen molar-refractivity contribution < 1.29 is 22.7 Å². The van der Waals surface area contributed by atoms with Gasteiger partial charge in [0.05, 0.1) is 12.2 Å². The van der Waals surface area contributed by atoms with Gasteiger partial charge in [-0.2, -0.15) is 4.98 Å². The highest BCUT2D eigenvalue weighted by molar-refractivity contribution is 6.02. The van der Waals surface area contributed by atoms with E-state index in [1.54, 1.807) is 13.0 Å². The molecule has 2 N–H and O–H groups in total. The minimum absolute atomic E-state index is 0.0138. The average Bonchev–Trinajstić information content (AvgIpc) is 2.85. The van der Waals surface area contributed by atoms with E-state index >= 15 is 4.39 Å². The number of likely N-dealkylation sites (N-methyl/N-ethyl adjacent to an activating group) is 1. The Balaban J connectivity index is 1.95. The molecule has 0 bridgehead atoms. The third kappa shape index (κ3) is 6.04. The Kier molecular flexibility index (Phi) is 8.06. The molecular formula is C29H33F3N6O2. The summed E-state index contributed by atoms with van der Waals surface area (Å²) in [6.07, 6.45) is 0. The molecule has 1 aliphatic heterocycles. The number of carbonyl (C=O) groups is 1. The number of carbonyl (C=O) groups excluding carboxylic acids is 1. The number of ether oxygens (including phenoxy) is 1. The summed E-state index contributed by atoms with van der Waals surface area (Å²) in [4.78, 5) is 25.0. The zero-order valence-electron chi connectivity index (χ0n) is 23.5. The van der Waals surface area contributed by atoms with Crippen molar-refractivity contribution in [3.8, 4) is 11.3 Å². The summed E-state index contributed by atoms with van der Waals surface area (Å²) in [6, 6.07) is 5.59. The van der Waals surface area contributed by atoms with E-state index in [0.717, 1.165) is 17.0 Å². The smallest absolute Gasteiger partial charge is 0.328 e. The average molecular weight is 555 g/mol. The van der Waals surface area contributed by atoms with E-state index in [4.69, 9.17) is 4.74 Å². The molecule has 1 aliphatic rings. The van der Waals surface area contributed by atoms with Gasteiger partial charge in [0.25, 0.3) is 0 Å². The summed E-state index contributed by atoms with van der Waals surface area (Å²) in [5.74, 6) is -2.03. The molecule has 40 heavy (non-hydrogen) atoms. The summed E-state index contributed by atoms with van der Waals surface area (Å²) < 4.78 is 51.0. The Labute approximate surface area is 231 Å². The maximum atomic E-state index is 15.3. The topological polar surface area (TPSA) is 82.6 Å². The second-order valence-corrected chi connectivity index (χ2v) is 10.8. The fourth-order valence-electron chi connectivity index (χ4n) is 4.28. The SMILES string of the molecule is C=C(OC(C)(C)C)c1cc(F)c(C)c(-c2nc(NCCN(C)C)nc3c2CNC(=O)N3c2c(F)cccc2F)c1. The number of aromatic nitrogens is 2. The van der Waals surface area contributed by atoms with Gasteiger partial charge in [-0.25, -0.2) is 27.8 Å². The largest absolute Gasteiger partial charge is 0.488 e. The highest BCUT2D eigenvalue weighted by Crippen LogP contribution is 2.40. The lowest BCUT2D eigenvalue weighted by atomic mass is 9.96. The Hall–Kier alpha value is -4.12. The van der Waals surface area contributed by atoms with Gasteiger partial charge in [0.2, 0.25) is 5.95 Å². The minimum atomic E-state index is -0.940. The summed E-state index contributed by atoms with van der Waals surface area (Å²) in [5, 5.41) is 5.75. The van der Waals surface area contributed by atoms with Gasteiger partial charge in [-0.05, 0) is 71.6 Å². The van der Waals surface area contributed by atoms with E-state index < -0.39 is 34.8 Å². The number of hydrogen-bond donors (Lipinski definition) is 2. The number of halogens is 3. The molecule has 1 aromatic heterocycles. The van der Waals surface area contributed by atoms with Gasteiger partial charge in [0.1, 0.15) is 34.5 Å². The molecular weight excluding hydrogens is 521 g/mol. The lowest BCUT2D eigenvalue weighted by molar-refractivity contribution is 0.0975. The minimum Gasteiger partial charge on any atom is -0.488 e. The molecule has 2 amide bonds. The first-order valence-corrected chi connectivity index (χ1v) is 12.8. The number of rotatable bonds is 8. The van der Waals surface area contributed by atoms with Crippen LogP contribution in [0.3, 0.4) is 0 Å². The fourth-order valence-corrected chi connectivity index (χ4v) is 4.28. The van der Waals surface area contributed by atoms with Crippen LogP contribution >= 0.6 is 0 Å². The monoisotopic (exact) mass is 554 g/mol. The molecule has 0 fully saturated rings. The Morgan fingerprint density at radius 1 is 1.15 bits per heavy atom. The number of benzene rings is 2. The lowest BCUT2D eigenvalue weighted by Crippen LogP contribution is -2.43. The van der Waals surface area contributed by atoms with E-state index in [0.29, 0.717) is 35.5 Å². The van der Waals surface area contributed by atoms with Crippen molar-refractivity contribution >= 4 is 29.2 Å². The third-order valence-corrected chi connectivity index (χ3v) is 6.17. The third-order valence-electron chi connectivity index (χ3n) is 6.17. The molecule has 0 radical (unpaired) electrons. The van der Waals surface area contributed by atoms with Gasteiger partial charge < -0.3 is 20.3 Å². The van der Waals surface area contributed by atoms with Crippen molar-refractivity contribution in [3.63, 3.8) is 0 Å². The molecule has 0 saturated heterocycles. The van der Waals surface area contributed by atoms with Crippen LogP contribution in [0.4, 0.5) is 35.4 Å². The number of fused-ring (bicyclic) bond motifs is 1. The van der Waals surface area contributed by atoms with Crippen LogP contribution in [0.15, 0.2) is 36.9 Å². The van der Waals surface area contributed by atoms with Crippen molar-refractivity contribution in [2.45, 2.75) is 39.8 Å². The van der Waals surface area contributed by atoms with Crippen LogP contribution in [0, 0.1) is 24.4 Å². The molecule has 2 aromatic carbocycles. The molecule has 2 heterocycles. The van der Waals surface area contributed by atoms with Crippen molar-refractivity contribution in [2.75, 3.05) is 37.4 Å². The molecule has 0 saturated carbocycles. The normalized spacial score (nSPS) is 13.2. The molecule has 0 atom stereocenters. The van der Waals surface area contributed by atoms with Crippen LogP contribution in [0.1, 0.15) is 37.5 Å². The van der Waals surface area contributed by atoms with Crippen molar-refractivity contribution in [2.24, 2.45) is 0 Å². The van der Waals surface area contributed by atoms with E-state index in [2.05, 4.69) is 27.2 Å². The Morgan fingerprint density at radius 3 is 2.45 bits per heavy atom. The van der Waals surface area contributed by atoms with Gasteiger partial charge >= 0.3 is 6.03 Å². The Morgan fingerprint density at radius 2 is 1.82 bits per heavy atom. The van der Waals surface area contributed by atoms with Crippen molar-refractivity contribution in [1.29, 1.82) is 0 Å². The van der Waals surface area contributed by atoms with Crippen LogP contribution in [0.2, 0.25) is 0 Å². The van der Waals surface area contributed by atoms with Crippen LogP contribution in [0.25, 0.3) is 17.0 Å². The van der Waals surface area contributed by atoms with Crippen LogP contribution < -0.4 is 15.5 Å². The molecule has 0 aliphatic carbocycles. The molecule has 11 heteroatoms. The standard InChI is InChI=1S/C29H33F3N6O2/c1-16-19(13-18(14-23(16)32)17(2)40-29(3,4)5)24-20-15-34-28(39)38(25-21(30)9-8-10-22(25)31)26(20)36-27(35-24)33-11-12-37(6)7/h8-10,13-14H,2,11-12,15H2,1,3-7H3,(H,34,39)(H,33,35,36). The molecule has 4 rings (SSSR count). The predicted octanol–water partition coefficient (Wildman–Crippen LogP) is 5.99. The van der Waals surface area contributed by atoms with Crippen molar-refractivity contribution in [1.82, 2.24) is 20.2 Å². The van der Waals surface area contributed by atoms with Gasteiger partial charge in [-0.15, -0.1) is 0 Å². The van der Waals surface area contributed by atoms with E-state index in [-0.39, 0.29) is 29.6 Å². The fraction of sp³-hybridized carbons (Fsp3) is 0.345. The van der Waals surface area contributed by atoms with Crippen LogP contribution in [-0.2, 0) is 11.3 Å². The second-order valence-electron chi connectivity index (χ2n) is 10.8. The first-order chi connectivity index (χ1) is 18.8. The van der Waals surface area contributed by atoms with E-state index in [9.17, 15) is 13.6 Å². The first-order valence-electron chi connectivity index (χ1n) is 12.8. The van der Waals surface area contributed by atoms with Gasteiger partial charge in [-0.3, -0.25) is 0 Å². The number of nitrogens with one attached hydrogen (secondary N) is 2. The maximum Gasteiger partial charge on any atom is 0.328 e. The quantitative estimate of drug-likeness (QED) is 0.333. The summed E-state index contributed by atoms with van der Waals surface area (Å²) in [6.45, 7) is 12.2. The number of anilines is 3. The zero-order chi connectivity index (χ0) is 29.4. The highest BCUT2D eigenvalue weighted by atomic mass is 19.1. The van der Waals surface area contributed by atoms with Gasteiger partial charge in [-0.1, -0.05) is 12.6 Å². The number of para-hydroxylation sites is 1. The number of nitrogens with zero attached hydrogens (tertiary/aromatic N) is 4. The van der Waals surface area contributed by atoms with Crippen molar-refractivity contribution in [3.05, 3.63) is 71.1 Å². The number of amides is 2. The van der Waals surface area contributed by atoms with Gasteiger partial charge in [0, 0.05) is 29.8 Å². The van der Waals surface area contributed by atoms with E-state index in [1.807, 2.05) is 39.8 Å². The molecule has 0 unspecified atom stereocenters. The van der Waals surface area contributed by atoms with Gasteiger partial charge in [0.15, 0.2) is 5.82 Å². The van der Waals surface area contributed by atoms with Crippen LogP contribution in [-0.4, -0.2) is 53.7 Å². The predicted molar refractivity (Wildman–Crippen MR) is 150 cm³/mol. The Bertz CT molecular complexity index is 1450. The number of hydrogen-bond acceptors (Lipinski definition) is 6. The first kappa shape index (κ1) is 28.9. The van der Waals surface area contributed by atoms with Crippen LogP contribution in [0.5, 0.6) is 0 Å². The molecule has 0 spiro atoms. The molecule has 212 valence electrons.